The number of aromatic nitrogens is 3. The fourth-order valence-corrected chi connectivity index (χ4v) is 1.40. The highest BCUT2D eigenvalue weighted by atomic mass is 16.5. The van der Waals surface area contributed by atoms with Crippen molar-refractivity contribution >= 4 is 5.97 Å². The molecule has 1 aromatic rings. The van der Waals surface area contributed by atoms with E-state index in [1.165, 1.54) is 0 Å². The molecule has 0 atom stereocenters. The van der Waals surface area contributed by atoms with Crippen LogP contribution < -0.4 is 5.32 Å². The molecule has 17 heavy (non-hydrogen) atoms. The molecule has 1 heterocycles. The number of hydrogen-bond acceptors (Lipinski definition) is 5. The molecule has 0 spiro atoms. The van der Waals surface area contributed by atoms with E-state index < -0.39 is 0 Å². The molecule has 0 aromatic carbocycles. The first-order valence-electron chi connectivity index (χ1n) is 5.86. The lowest BCUT2D eigenvalue weighted by atomic mass is 10.3. The summed E-state index contributed by atoms with van der Waals surface area (Å²) in [5.74, 6) is 1.66. The molecule has 0 unspecified atom stereocenters. The third kappa shape index (κ3) is 4.52. The van der Waals surface area contributed by atoms with E-state index >= 15 is 0 Å². The minimum atomic E-state index is -0.135. The Morgan fingerprint density at radius 1 is 1.47 bits per heavy atom. The second-order valence-corrected chi connectivity index (χ2v) is 3.81. The van der Waals surface area contributed by atoms with Crippen LogP contribution in [-0.4, -0.2) is 33.9 Å². The van der Waals surface area contributed by atoms with Gasteiger partial charge in [0.05, 0.1) is 13.2 Å². The molecule has 0 saturated carbocycles. The van der Waals surface area contributed by atoms with Crippen LogP contribution in [0.1, 0.15) is 31.4 Å². The van der Waals surface area contributed by atoms with Gasteiger partial charge in [0.25, 0.3) is 0 Å². The monoisotopic (exact) mass is 240 g/mol. The summed E-state index contributed by atoms with van der Waals surface area (Å²) in [6.07, 6.45) is 1.23. The van der Waals surface area contributed by atoms with Gasteiger partial charge in [-0.25, -0.2) is 0 Å². The van der Waals surface area contributed by atoms with Crippen LogP contribution in [0, 0.1) is 6.92 Å². The standard InChI is InChI=1S/C11H20N4O2/c1-4-17-11(16)6-5-7-12-8-10-14-13-9(2)15(10)3/h12H,4-8H2,1-3H3. The fraction of sp³-hybridized carbons (Fsp3) is 0.727. The van der Waals surface area contributed by atoms with Crippen LogP contribution in [0.5, 0.6) is 0 Å². The number of hydrogen-bond donors (Lipinski definition) is 1. The Morgan fingerprint density at radius 3 is 2.82 bits per heavy atom. The van der Waals surface area contributed by atoms with Crippen molar-refractivity contribution in [1.29, 1.82) is 0 Å². The lowest BCUT2D eigenvalue weighted by molar-refractivity contribution is -0.143. The smallest absolute Gasteiger partial charge is 0.305 e. The molecule has 0 aliphatic rings. The van der Waals surface area contributed by atoms with Gasteiger partial charge in [0.2, 0.25) is 0 Å². The first-order chi connectivity index (χ1) is 8.15. The van der Waals surface area contributed by atoms with Crippen molar-refractivity contribution in [2.45, 2.75) is 33.2 Å². The van der Waals surface area contributed by atoms with E-state index in [-0.39, 0.29) is 5.97 Å². The van der Waals surface area contributed by atoms with Crippen molar-refractivity contribution < 1.29 is 9.53 Å². The van der Waals surface area contributed by atoms with Crippen LogP contribution in [0.15, 0.2) is 0 Å². The lowest BCUT2D eigenvalue weighted by Gasteiger charge is -2.04. The van der Waals surface area contributed by atoms with E-state index in [9.17, 15) is 4.79 Å². The van der Waals surface area contributed by atoms with Crippen LogP contribution in [0.4, 0.5) is 0 Å². The van der Waals surface area contributed by atoms with Gasteiger partial charge in [0.15, 0.2) is 0 Å². The highest BCUT2D eigenvalue weighted by molar-refractivity contribution is 5.69. The number of carbonyl (C=O) groups excluding carboxylic acids is 1. The van der Waals surface area contributed by atoms with Crippen LogP contribution in [0.2, 0.25) is 0 Å². The molecule has 0 radical (unpaired) electrons. The fourth-order valence-electron chi connectivity index (χ4n) is 1.40. The minimum Gasteiger partial charge on any atom is -0.466 e. The molecule has 6 heteroatoms. The van der Waals surface area contributed by atoms with Gasteiger partial charge in [0.1, 0.15) is 11.6 Å². The Hall–Kier alpha value is -1.43. The quantitative estimate of drug-likeness (QED) is 0.557. The molecule has 0 fully saturated rings. The van der Waals surface area contributed by atoms with Crippen molar-refractivity contribution in [1.82, 2.24) is 20.1 Å². The van der Waals surface area contributed by atoms with Crippen LogP contribution in [0.25, 0.3) is 0 Å². The van der Waals surface area contributed by atoms with Crippen LogP contribution >= 0.6 is 0 Å². The Kier molecular flexibility index (Phi) is 5.62. The zero-order valence-corrected chi connectivity index (χ0v) is 10.7. The number of ether oxygens (including phenoxy) is 1. The van der Waals surface area contributed by atoms with E-state index in [1.54, 1.807) is 0 Å². The average Bonchev–Trinajstić information content (AvgIpc) is 2.60. The topological polar surface area (TPSA) is 69.0 Å². The third-order valence-corrected chi connectivity index (χ3v) is 2.51. The summed E-state index contributed by atoms with van der Waals surface area (Å²) in [7, 11) is 1.94. The molecule has 0 aliphatic carbocycles. The Labute approximate surface area is 101 Å². The van der Waals surface area contributed by atoms with Crippen molar-refractivity contribution in [2.75, 3.05) is 13.2 Å². The molecular formula is C11H20N4O2. The number of aryl methyl sites for hydroxylation is 1. The largest absolute Gasteiger partial charge is 0.466 e. The maximum atomic E-state index is 11.1. The molecule has 0 bridgehead atoms. The van der Waals surface area contributed by atoms with Gasteiger partial charge in [0, 0.05) is 13.5 Å². The number of rotatable bonds is 7. The molecule has 6 nitrogen and oxygen atoms in total. The minimum absolute atomic E-state index is 0.135. The van der Waals surface area contributed by atoms with Gasteiger partial charge >= 0.3 is 5.97 Å². The lowest BCUT2D eigenvalue weighted by Crippen LogP contribution is -2.18. The highest BCUT2D eigenvalue weighted by Gasteiger charge is 2.04. The van der Waals surface area contributed by atoms with E-state index in [0.29, 0.717) is 19.6 Å². The average molecular weight is 240 g/mol. The zero-order valence-electron chi connectivity index (χ0n) is 10.7. The predicted molar refractivity (Wildman–Crippen MR) is 63.3 cm³/mol. The zero-order chi connectivity index (χ0) is 12.7. The Morgan fingerprint density at radius 2 is 2.24 bits per heavy atom. The summed E-state index contributed by atoms with van der Waals surface area (Å²) in [6.45, 7) is 5.61. The van der Waals surface area contributed by atoms with Crippen molar-refractivity contribution in [3.05, 3.63) is 11.6 Å². The van der Waals surface area contributed by atoms with Crippen LogP contribution in [-0.2, 0) is 23.1 Å². The molecule has 1 rings (SSSR count). The van der Waals surface area contributed by atoms with Crippen molar-refractivity contribution in [3.8, 4) is 0 Å². The van der Waals surface area contributed by atoms with Gasteiger partial charge in [-0.15, -0.1) is 10.2 Å². The molecule has 1 aromatic heterocycles. The number of nitrogens with one attached hydrogen (secondary N) is 1. The summed E-state index contributed by atoms with van der Waals surface area (Å²) in [6, 6.07) is 0. The molecule has 0 amide bonds. The molecule has 0 saturated heterocycles. The summed E-state index contributed by atoms with van der Waals surface area (Å²) < 4.78 is 6.78. The number of carbonyl (C=O) groups is 1. The molecule has 96 valence electrons. The maximum Gasteiger partial charge on any atom is 0.305 e. The maximum absolute atomic E-state index is 11.1. The van der Waals surface area contributed by atoms with Crippen LogP contribution in [0.3, 0.4) is 0 Å². The highest BCUT2D eigenvalue weighted by Crippen LogP contribution is 1.97. The molecule has 0 aliphatic heterocycles. The van der Waals surface area contributed by atoms with E-state index in [2.05, 4.69) is 15.5 Å². The second-order valence-electron chi connectivity index (χ2n) is 3.81. The molecule has 1 N–H and O–H groups in total. The van der Waals surface area contributed by atoms with E-state index in [1.807, 2.05) is 25.5 Å². The molecular weight excluding hydrogens is 220 g/mol. The normalized spacial score (nSPS) is 10.5. The predicted octanol–water partition coefficient (Wildman–Crippen LogP) is 0.556. The van der Waals surface area contributed by atoms with Gasteiger partial charge in [-0.1, -0.05) is 0 Å². The van der Waals surface area contributed by atoms with Crippen molar-refractivity contribution in [3.63, 3.8) is 0 Å². The Bertz CT molecular complexity index is 362. The first kappa shape index (κ1) is 13.6. The number of esters is 1. The second kappa shape index (κ2) is 7.01. The summed E-state index contributed by atoms with van der Waals surface area (Å²) in [5, 5.41) is 11.2. The third-order valence-electron chi connectivity index (χ3n) is 2.51. The van der Waals surface area contributed by atoms with Gasteiger partial charge in [-0.05, 0) is 26.8 Å². The van der Waals surface area contributed by atoms with Gasteiger partial charge in [-0.3, -0.25) is 4.79 Å². The van der Waals surface area contributed by atoms with Gasteiger partial charge in [-0.2, -0.15) is 0 Å². The van der Waals surface area contributed by atoms with E-state index in [4.69, 9.17) is 4.74 Å². The Balaban J connectivity index is 2.12. The SMILES string of the molecule is CCOC(=O)CCCNCc1nnc(C)n1C. The number of nitrogens with zero attached hydrogens (tertiary/aromatic N) is 3. The summed E-state index contributed by atoms with van der Waals surface area (Å²) >= 11 is 0. The summed E-state index contributed by atoms with van der Waals surface area (Å²) in [5.41, 5.74) is 0. The first-order valence-corrected chi connectivity index (χ1v) is 5.86. The van der Waals surface area contributed by atoms with E-state index in [0.717, 1.165) is 24.6 Å². The summed E-state index contributed by atoms with van der Waals surface area (Å²) in [4.78, 5) is 11.1. The van der Waals surface area contributed by atoms with Gasteiger partial charge < -0.3 is 14.6 Å². The van der Waals surface area contributed by atoms with Crippen molar-refractivity contribution in [2.24, 2.45) is 7.05 Å².